The Kier molecular flexibility index (Phi) is 7.99. The second-order valence-electron chi connectivity index (χ2n) is 6.80. The molecule has 9 heteroatoms. The molecule has 0 unspecified atom stereocenters. The molecular formula is C24H20ClFN2O5. The Morgan fingerprint density at radius 3 is 2.64 bits per heavy atom. The second-order valence-corrected chi connectivity index (χ2v) is 7.21. The molecule has 0 atom stereocenters. The summed E-state index contributed by atoms with van der Waals surface area (Å²) >= 11 is 5.96. The number of amides is 1. The van der Waals surface area contributed by atoms with Crippen LogP contribution >= 0.6 is 11.6 Å². The zero-order valence-electron chi connectivity index (χ0n) is 17.8. The molecule has 1 amide bonds. The number of benzene rings is 3. The highest BCUT2D eigenvalue weighted by Gasteiger charge is 2.13. The molecule has 7 nitrogen and oxygen atoms in total. The fourth-order valence-electron chi connectivity index (χ4n) is 2.69. The van der Waals surface area contributed by atoms with Crippen molar-refractivity contribution in [2.45, 2.75) is 6.92 Å². The summed E-state index contributed by atoms with van der Waals surface area (Å²) in [6.07, 6.45) is 1.39. The van der Waals surface area contributed by atoms with E-state index in [4.69, 9.17) is 25.8 Å². The SMILES string of the molecule is COc1cc(C=NNC(=O)COc2ccc(Cl)c(C)c2)ccc1OC(=O)c1cccc(F)c1. The van der Waals surface area contributed by atoms with Crippen molar-refractivity contribution in [1.82, 2.24) is 5.43 Å². The van der Waals surface area contributed by atoms with Crippen LogP contribution in [0, 0.1) is 12.7 Å². The molecule has 3 aromatic rings. The Bertz CT molecular complexity index is 1200. The van der Waals surface area contributed by atoms with E-state index in [1.165, 1.54) is 37.6 Å². The molecule has 0 fully saturated rings. The highest BCUT2D eigenvalue weighted by Crippen LogP contribution is 2.28. The van der Waals surface area contributed by atoms with E-state index in [1.54, 1.807) is 30.3 Å². The van der Waals surface area contributed by atoms with E-state index >= 15 is 0 Å². The van der Waals surface area contributed by atoms with Crippen molar-refractivity contribution in [3.8, 4) is 17.2 Å². The predicted molar refractivity (Wildman–Crippen MR) is 122 cm³/mol. The number of ether oxygens (including phenoxy) is 3. The predicted octanol–water partition coefficient (Wildman–Crippen LogP) is 4.54. The van der Waals surface area contributed by atoms with Gasteiger partial charge in [-0.25, -0.2) is 14.6 Å². The quantitative estimate of drug-likeness (QED) is 0.226. The lowest BCUT2D eigenvalue weighted by Gasteiger charge is -2.10. The van der Waals surface area contributed by atoms with Gasteiger partial charge >= 0.3 is 5.97 Å². The number of nitrogens with zero attached hydrogens (tertiary/aromatic N) is 1. The number of carbonyl (C=O) groups excluding carboxylic acids is 2. The summed E-state index contributed by atoms with van der Waals surface area (Å²) < 4.78 is 29.3. The monoisotopic (exact) mass is 470 g/mol. The van der Waals surface area contributed by atoms with Crippen LogP contribution < -0.4 is 19.6 Å². The number of hydrogen-bond acceptors (Lipinski definition) is 6. The van der Waals surface area contributed by atoms with Crippen molar-refractivity contribution in [2.75, 3.05) is 13.7 Å². The Morgan fingerprint density at radius 2 is 1.91 bits per heavy atom. The number of methoxy groups -OCH3 is 1. The number of aryl methyl sites for hydroxylation is 1. The van der Waals surface area contributed by atoms with E-state index in [9.17, 15) is 14.0 Å². The van der Waals surface area contributed by atoms with Crippen LogP contribution in [0.2, 0.25) is 5.02 Å². The standard InChI is InChI=1S/C24H20ClFN2O5/c1-15-10-19(7-8-20(15)25)32-14-23(29)28-27-13-16-6-9-21(22(11-16)31-2)33-24(30)17-4-3-5-18(26)12-17/h3-13H,14H2,1-2H3,(H,28,29). The van der Waals surface area contributed by atoms with Crippen molar-refractivity contribution in [3.63, 3.8) is 0 Å². The van der Waals surface area contributed by atoms with Gasteiger partial charge < -0.3 is 14.2 Å². The first kappa shape index (κ1) is 23.7. The van der Waals surface area contributed by atoms with E-state index in [2.05, 4.69) is 10.5 Å². The summed E-state index contributed by atoms with van der Waals surface area (Å²) in [6, 6.07) is 14.9. The van der Waals surface area contributed by atoms with Crippen LogP contribution in [-0.4, -0.2) is 31.8 Å². The minimum atomic E-state index is -0.725. The minimum absolute atomic E-state index is 0.0707. The van der Waals surface area contributed by atoms with Crippen LogP contribution in [0.3, 0.4) is 0 Å². The van der Waals surface area contributed by atoms with Crippen LogP contribution in [-0.2, 0) is 4.79 Å². The molecule has 0 aliphatic heterocycles. The van der Waals surface area contributed by atoms with E-state index in [1.807, 2.05) is 6.92 Å². The van der Waals surface area contributed by atoms with E-state index < -0.39 is 17.7 Å². The Balaban J connectivity index is 1.56. The third-order valence-electron chi connectivity index (χ3n) is 4.35. The normalized spacial score (nSPS) is 10.7. The molecule has 0 aliphatic rings. The van der Waals surface area contributed by atoms with Gasteiger partial charge in [0, 0.05) is 5.02 Å². The first-order valence-electron chi connectivity index (χ1n) is 9.72. The maximum atomic E-state index is 13.3. The van der Waals surface area contributed by atoms with Gasteiger partial charge in [0.1, 0.15) is 11.6 Å². The highest BCUT2D eigenvalue weighted by atomic mass is 35.5. The van der Waals surface area contributed by atoms with Crippen LogP contribution in [0.1, 0.15) is 21.5 Å². The molecular weight excluding hydrogens is 451 g/mol. The molecule has 33 heavy (non-hydrogen) atoms. The van der Waals surface area contributed by atoms with Gasteiger partial charge in [0.05, 0.1) is 18.9 Å². The topological polar surface area (TPSA) is 86.2 Å². The lowest BCUT2D eigenvalue weighted by molar-refractivity contribution is -0.123. The van der Waals surface area contributed by atoms with E-state index in [0.717, 1.165) is 11.6 Å². The number of rotatable bonds is 8. The summed E-state index contributed by atoms with van der Waals surface area (Å²) in [5.41, 5.74) is 3.84. The fourth-order valence-corrected chi connectivity index (χ4v) is 2.81. The molecule has 0 bridgehead atoms. The van der Waals surface area contributed by atoms with Crippen molar-refractivity contribution in [1.29, 1.82) is 0 Å². The summed E-state index contributed by atoms with van der Waals surface area (Å²) in [5, 5.41) is 4.49. The number of nitrogens with one attached hydrogen (secondary N) is 1. The van der Waals surface area contributed by atoms with Crippen molar-refractivity contribution >= 4 is 29.7 Å². The first-order valence-corrected chi connectivity index (χ1v) is 10.1. The summed E-state index contributed by atoms with van der Waals surface area (Å²) in [4.78, 5) is 24.2. The largest absolute Gasteiger partial charge is 0.493 e. The van der Waals surface area contributed by atoms with Crippen molar-refractivity contribution in [3.05, 3.63) is 88.2 Å². The number of hydrazone groups is 1. The smallest absolute Gasteiger partial charge is 0.343 e. The van der Waals surface area contributed by atoms with Gasteiger partial charge in [-0.15, -0.1) is 0 Å². The molecule has 0 saturated carbocycles. The third kappa shape index (κ3) is 6.78. The van der Waals surface area contributed by atoms with Crippen LogP contribution in [0.15, 0.2) is 65.8 Å². The maximum Gasteiger partial charge on any atom is 0.343 e. The average Bonchev–Trinajstić information content (AvgIpc) is 2.80. The van der Waals surface area contributed by atoms with Gasteiger partial charge in [-0.3, -0.25) is 4.79 Å². The van der Waals surface area contributed by atoms with Gasteiger partial charge in [0.2, 0.25) is 0 Å². The molecule has 0 heterocycles. The lowest BCUT2D eigenvalue weighted by Crippen LogP contribution is -2.24. The minimum Gasteiger partial charge on any atom is -0.493 e. The molecule has 3 aromatic carbocycles. The molecule has 0 radical (unpaired) electrons. The zero-order chi connectivity index (χ0) is 23.8. The lowest BCUT2D eigenvalue weighted by atomic mass is 10.2. The zero-order valence-corrected chi connectivity index (χ0v) is 18.6. The Hall–Kier alpha value is -3.91. The molecule has 1 N–H and O–H groups in total. The van der Waals surface area contributed by atoms with Gasteiger partial charge in [0.25, 0.3) is 5.91 Å². The number of esters is 1. The van der Waals surface area contributed by atoms with Gasteiger partial charge in [-0.2, -0.15) is 5.10 Å². The molecule has 0 aromatic heterocycles. The number of hydrogen-bond donors (Lipinski definition) is 1. The summed E-state index contributed by atoms with van der Waals surface area (Å²) in [5.74, 6) is -0.789. The van der Waals surface area contributed by atoms with E-state index in [0.29, 0.717) is 16.3 Å². The van der Waals surface area contributed by atoms with Gasteiger partial charge in [-0.05, 0) is 72.6 Å². The number of halogens is 2. The molecule has 3 rings (SSSR count). The first-order chi connectivity index (χ1) is 15.9. The fraction of sp³-hybridized carbons (Fsp3) is 0.125. The molecule has 0 saturated heterocycles. The average molecular weight is 471 g/mol. The highest BCUT2D eigenvalue weighted by molar-refractivity contribution is 6.31. The summed E-state index contributed by atoms with van der Waals surface area (Å²) in [7, 11) is 1.41. The van der Waals surface area contributed by atoms with Crippen molar-refractivity contribution < 1.29 is 28.2 Å². The molecule has 0 aliphatic carbocycles. The number of carbonyl (C=O) groups is 2. The van der Waals surface area contributed by atoms with Gasteiger partial charge in [-0.1, -0.05) is 17.7 Å². The van der Waals surface area contributed by atoms with E-state index in [-0.39, 0.29) is 23.7 Å². The molecule has 170 valence electrons. The van der Waals surface area contributed by atoms with Gasteiger partial charge in [0.15, 0.2) is 18.1 Å². The van der Waals surface area contributed by atoms with Crippen LogP contribution in [0.5, 0.6) is 17.2 Å². The van der Waals surface area contributed by atoms with Crippen LogP contribution in [0.25, 0.3) is 0 Å². The maximum absolute atomic E-state index is 13.3. The Morgan fingerprint density at radius 1 is 1.09 bits per heavy atom. The summed E-state index contributed by atoms with van der Waals surface area (Å²) in [6.45, 7) is 1.61. The third-order valence-corrected chi connectivity index (χ3v) is 4.78. The Labute approximate surface area is 194 Å². The molecule has 0 spiro atoms. The second kappa shape index (κ2) is 11.1. The van der Waals surface area contributed by atoms with Crippen LogP contribution in [0.4, 0.5) is 4.39 Å². The van der Waals surface area contributed by atoms with Crippen molar-refractivity contribution in [2.24, 2.45) is 5.10 Å².